The monoisotopic (exact) mass is 375 g/mol. The largest absolute Gasteiger partial charge is 0.493 e. The lowest BCUT2D eigenvalue weighted by Gasteiger charge is -2.15. The van der Waals surface area contributed by atoms with Crippen LogP contribution in [-0.2, 0) is 0 Å². The maximum atomic E-state index is 5.40. The molecular weight excluding hydrogens is 346 g/mol. The van der Waals surface area contributed by atoms with Crippen LogP contribution in [0.15, 0.2) is 18.2 Å². The van der Waals surface area contributed by atoms with E-state index in [1.54, 1.807) is 21.3 Å². The SMILES string of the molecule is COc1cc(Nc2cc(NCCCN(C)C)nc(C)n2)cc(OC)c1OC. The van der Waals surface area contributed by atoms with Crippen LogP contribution >= 0.6 is 0 Å². The average Bonchev–Trinajstić information content (AvgIpc) is 2.63. The van der Waals surface area contributed by atoms with Gasteiger partial charge in [-0.2, -0.15) is 0 Å². The smallest absolute Gasteiger partial charge is 0.203 e. The second-order valence-electron chi connectivity index (χ2n) is 6.31. The number of hydrogen-bond acceptors (Lipinski definition) is 8. The first-order valence-corrected chi connectivity index (χ1v) is 8.78. The molecule has 27 heavy (non-hydrogen) atoms. The van der Waals surface area contributed by atoms with Crippen LogP contribution in [0.1, 0.15) is 12.2 Å². The Bertz CT molecular complexity index is 727. The molecule has 2 aromatic rings. The lowest BCUT2D eigenvalue weighted by Crippen LogP contribution is -2.16. The van der Waals surface area contributed by atoms with Gasteiger partial charge in [0.05, 0.1) is 21.3 Å². The van der Waals surface area contributed by atoms with E-state index in [0.717, 1.165) is 31.0 Å². The molecule has 8 heteroatoms. The zero-order valence-corrected chi connectivity index (χ0v) is 16.9. The molecule has 0 saturated heterocycles. The van der Waals surface area contributed by atoms with Gasteiger partial charge in [0.2, 0.25) is 5.75 Å². The van der Waals surface area contributed by atoms with E-state index in [0.29, 0.717) is 28.9 Å². The molecule has 0 aliphatic rings. The number of ether oxygens (including phenoxy) is 3. The Morgan fingerprint density at radius 2 is 1.56 bits per heavy atom. The summed E-state index contributed by atoms with van der Waals surface area (Å²) in [6.07, 6.45) is 1.03. The van der Waals surface area contributed by atoms with E-state index in [-0.39, 0.29) is 0 Å². The number of hydrogen-bond donors (Lipinski definition) is 2. The van der Waals surface area contributed by atoms with E-state index in [9.17, 15) is 0 Å². The number of benzene rings is 1. The summed E-state index contributed by atoms with van der Waals surface area (Å²) in [5, 5.41) is 6.62. The van der Waals surface area contributed by atoms with Crippen molar-refractivity contribution >= 4 is 17.3 Å². The second kappa shape index (κ2) is 9.82. The first-order valence-electron chi connectivity index (χ1n) is 8.78. The lowest BCUT2D eigenvalue weighted by atomic mass is 10.2. The van der Waals surface area contributed by atoms with Gasteiger partial charge < -0.3 is 29.7 Å². The van der Waals surface area contributed by atoms with Crippen LogP contribution in [0.5, 0.6) is 17.2 Å². The number of rotatable bonds is 10. The maximum Gasteiger partial charge on any atom is 0.203 e. The lowest BCUT2D eigenvalue weighted by molar-refractivity contribution is 0.324. The Morgan fingerprint density at radius 3 is 2.11 bits per heavy atom. The fourth-order valence-electron chi connectivity index (χ4n) is 2.64. The molecule has 0 fully saturated rings. The molecule has 0 radical (unpaired) electrons. The summed E-state index contributed by atoms with van der Waals surface area (Å²) in [6.45, 7) is 3.73. The maximum absolute atomic E-state index is 5.40. The van der Waals surface area contributed by atoms with Gasteiger partial charge in [-0.15, -0.1) is 0 Å². The van der Waals surface area contributed by atoms with Gasteiger partial charge in [0.1, 0.15) is 17.5 Å². The highest BCUT2D eigenvalue weighted by molar-refractivity contribution is 5.67. The summed E-state index contributed by atoms with van der Waals surface area (Å²) < 4.78 is 16.1. The fraction of sp³-hybridized carbons (Fsp3) is 0.474. The first kappa shape index (κ1) is 20.6. The molecule has 2 rings (SSSR count). The van der Waals surface area contributed by atoms with Crippen LogP contribution in [0.3, 0.4) is 0 Å². The average molecular weight is 375 g/mol. The van der Waals surface area contributed by atoms with E-state index >= 15 is 0 Å². The Labute approximate surface area is 160 Å². The van der Waals surface area contributed by atoms with Crippen LogP contribution in [0, 0.1) is 6.92 Å². The first-order chi connectivity index (χ1) is 13.0. The molecule has 0 atom stereocenters. The van der Waals surface area contributed by atoms with Crippen LogP contribution in [-0.4, -0.2) is 63.4 Å². The minimum Gasteiger partial charge on any atom is -0.493 e. The van der Waals surface area contributed by atoms with Gasteiger partial charge in [-0.3, -0.25) is 0 Å². The number of anilines is 3. The molecule has 0 unspecified atom stereocenters. The molecular formula is C19H29N5O3. The fourth-order valence-corrected chi connectivity index (χ4v) is 2.64. The molecule has 0 spiro atoms. The molecule has 1 aromatic heterocycles. The predicted octanol–water partition coefficient (Wildman–Crippen LogP) is 2.92. The zero-order valence-electron chi connectivity index (χ0n) is 16.9. The number of aromatic nitrogens is 2. The van der Waals surface area contributed by atoms with E-state index in [1.807, 2.05) is 25.1 Å². The Morgan fingerprint density at radius 1 is 0.926 bits per heavy atom. The van der Waals surface area contributed by atoms with E-state index in [4.69, 9.17) is 14.2 Å². The molecule has 0 bridgehead atoms. The molecule has 0 saturated carbocycles. The quantitative estimate of drug-likeness (QED) is 0.614. The van der Waals surface area contributed by atoms with Crippen molar-refractivity contribution in [3.63, 3.8) is 0 Å². The minimum absolute atomic E-state index is 0.549. The van der Waals surface area contributed by atoms with Crippen molar-refractivity contribution < 1.29 is 14.2 Å². The van der Waals surface area contributed by atoms with E-state index < -0.39 is 0 Å². The number of methoxy groups -OCH3 is 3. The third kappa shape index (κ3) is 5.89. The van der Waals surface area contributed by atoms with Gasteiger partial charge >= 0.3 is 0 Å². The second-order valence-corrected chi connectivity index (χ2v) is 6.31. The zero-order chi connectivity index (χ0) is 19.8. The van der Waals surface area contributed by atoms with Gasteiger partial charge in [0, 0.05) is 30.4 Å². The van der Waals surface area contributed by atoms with Gasteiger partial charge in [0.25, 0.3) is 0 Å². The van der Waals surface area contributed by atoms with Crippen LogP contribution < -0.4 is 24.8 Å². The summed E-state index contributed by atoms with van der Waals surface area (Å²) in [5.41, 5.74) is 0.779. The number of aryl methyl sites for hydroxylation is 1. The summed E-state index contributed by atoms with van der Waals surface area (Å²) in [7, 11) is 8.88. The van der Waals surface area contributed by atoms with Gasteiger partial charge in [-0.25, -0.2) is 9.97 Å². The molecule has 148 valence electrons. The van der Waals surface area contributed by atoms with E-state index in [2.05, 4.69) is 39.6 Å². The third-order valence-electron chi connectivity index (χ3n) is 3.86. The van der Waals surface area contributed by atoms with Crippen molar-refractivity contribution in [2.45, 2.75) is 13.3 Å². The molecule has 1 aromatic carbocycles. The third-order valence-corrected chi connectivity index (χ3v) is 3.86. The molecule has 0 aliphatic heterocycles. The highest BCUT2D eigenvalue weighted by atomic mass is 16.5. The van der Waals surface area contributed by atoms with Gasteiger partial charge in [-0.05, 0) is 34.0 Å². The predicted molar refractivity (Wildman–Crippen MR) is 108 cm³/mol. The summed E-state index contributed by atoms with van der Waals surface area (Å²) >= 11 is 0. The van der Waals surface area contributed by atoms with Crippen molar-refractivity contribution in [3.05, 3.63) is 24.0 Å². The minimum atomic E-state index is 0.549. The van der Waals surface area contributed by atoms with Gasteiger partial charge in [-0.1, -0.05) is 0 Å². The highest BCUT2D eigenvalue weighted by Gasteiger charge is 2.14. The normalized spacial score (nSPS) is 10.6. The van der Waals surface area contributed by atoms with E-state index in [1.165, 1.54) is 0 Å². The Balaban J connectivity index is 2.17. The summed E-state index contributed by atoms with van der Waals surface area (Å²) in [4.78, 5) is 11.1. The Kier molecular flexibility index (Phi) is 7.48. The standard InChI is InChI=1S/C19H29N5O3/c1-13-21-17(20-8-7-9-24(2)3)12-18(22-13)23-14-10-15(25-4)19(27-6)16(11-14)26-5/h10-12H,7-9H2,1-6H3,(H2,20,21,22,23). The molecule has 0 amide bonds. The molecule has 2 N–H and O–H groups in total. The summed E-state index contributed by atoms with van der Waals surface area (Å²) in [5.74, 6) is 3.86. The van der Waals surface area contributed by atoms with Crippen molar-refractivity contribution in [2.75, 3.05) is 59.1 Å². The van der Waals surface area contributed by atoms with Crippen molar-refractivity contribution in [3.8, 4) is 17.2 Å². The molecule has 0 aliphatic carbocycles. The molecule has 1 heterocycles. The number of nitrogens with one attached hydrogen (secondary N) is 2. The highest BCUT2D eigenvalue weighted by Crippen LogP contribution is 2.40. The van der Waals surface area contributed by atoms with Crippen LogP contribution in [0.25, 0.3) is 0 Å². The van der Waals surface area contributed by atoms with Crippen molar-refractivity contribution in [1.29, 1.82) is 0 Å². The summed E-state index contributed by atoms with van der Waals surface area (Å²) in [6, 6.07) is 5.55. The van der Waals surface area contributed by atoms with Crippen LogP contribution in [0.4, 0.5) is 17.3 Å². The van der Waals surface area contributed by atoms with Crippen LogP contribution in [0.2, 0.25) is 0 Å². The van der Waals surface area contributed by atoms with Crippen molar-refractivity contribution in [1.82, 2.24) is 14.9 Å². The topological polar surface area (TPSA) is 80.8 Å². The van der Waals surface area contributed by atoms with Crippen molar-refractivity contribution in [2.24, 2.45) is 0 Å². The van der Waals surface area contributed by atoms with Gasteiger partial charge in [0.15, 0.2) is 11.5 Å². The Hall–Kier alpha value is -2.74. The molecule has 8 nitrogen and oxygen atoms in total. The number of nitrogens with zero attached hydrogens (tertiary/aromatic N) is 3.